The molecule has 1 N–H and O–H groups in total. The van der Waals surface area contributed by atoms with E-state index >= 15 is 0 Å². The lowest BCUT2D eigenvalue weighted by atomic mass is 10.3. The molecule has 1 fully saturated rings. The summed E-state index contributed by atoms with van der Waals surface area (Å²) in [4.78, 5) is 22.7. The highest BCUT2D eigenvalue weighted by Gasteiger charge is 2.19. The third-order valence-electron chi connectivity index (χ3n) is 4.56. The van der Waals surface area contributed by atoms with Crippen LogP contribution in [0.25, 0.3) is 10.9 Å². The van der Waals surface area contributed by atoms with Crippen molar-refractivity contribution in [2.45, 2.75) is 19.4 Å². The van der Waals surface area contributed by atoms with Gasteiger partial charge in [-0.1, -0.05) is 23.2 Å². The Kier molecular flexibility index (Phi) is 4.70. The van der Waals surface area contributed by atoms with Gasteiger partial charge in [-0.2, -0.15) is 0 Å². The van der Waals surface area contributed by atoms with Crippen molar-refractivity contribution in [3.63, 3.8) is 0 Å². The second kappa shape index (κ2) is 7.13. The number of nitrogens with zero attached hydrogens (tertiary/aromatic N) is 4. The summed E-state index contributed by atoms with van der Waals surface area (Å²) in [5.41, 5.74) is 1.49. The summed E-state index contributed by atoms with van der Waals surface area (Å²) in [6.07, 6.45) is 8.82. The van der Waals surface area contributed by atoms with Crippen molar-refractivity contribution in [1.82, 2.24) is 19.4 Å². The zero-order valence-electron chi connectivity index (χ0n) is 14.0. The largest absolute Gasteiger partial charge is 0.341 e. The van der Waals surface area contributed by atoms with Crippen LogP contribution < -0.4 is 5.32 Å². The Bertz CT molecular complexity index is 945. The molecule has 134 valence electrons. The second-order valence-corrected chi connectivity index (χ2v) is 7.04. The summed E-state index contributed by atoms with van der Waals surface area (Å²) in [5.74, 6) is 0.774. The smallest absolute Gasteiger partial charge is 0.242 e. The lowest BCUT2D eigenvalue weighted by molar-refractivity contribution is -0.130. The van der Waals surface area contributed by atoms with Crippen LogP contribution in [-0.4, -0.2) is 38.4 Å². The van der Waals surface area contributed by atoms with Gasteiger partial charge in [-0.25, -0.2) is 4.98 Å². The van der Waals surface area contributed by atoms with Crippen LogP contribution in [0.1, 0.15) is 12.8 Å². The standard InChI is InChI=1S/C18H17Cl2N5O/c19-13-9-21-10-14(20)17(13)23-18-12-4-8-25(15(12)3-5-22-18)11-16(26)24-6-1-2-7-24/h3-5,8-10H,1-2,6-7,11H2,(H,21,22,23). The Morgan fingerprint density at radius 2 is 1.88 bits per heavy atom. The van der Waals surface area contributed by atoms with Gasteiger partial charge in [0.05, 0.1) is 21.2 Å². The molecule has 6 nitrogen and oxygen atoms in total. The molecule has 0 bridgehead atoms. The third-order valence-corrected chi connectivity index (χ3v) is 5.13. The molecule has 0 radical (unpaired) electrons. The predicted molar refractivity (Wildman–Crippen MR) is 103 cm³/mol. The van der Waals surface area contributed by atoms with Crippen molar-refractivity contribution in [1.29, 1.82) is 0 Å². The van der Waals surface area contributed by atoms with Crippen molar-refractivity contribution in [3.8, 4) is 0 Å². The van der Waals surface area contributed by atoms with Gasteiger partial charge in [0.15, 0.2) is 0 Å². The van der Waals surface area contributed by atoms with Gasteiger partial charge >= 0.3 is 0 Å². The van der Waals surface area contributed by atoms with Gasteiger partial charge in [0.1, 0.15) is 12.4 Å². The van der Waals surface area contributed by atoms with Gasteiger partial charge < -0.3 is 14.8 Å². The normalized spacial score (nSPS) is 14.2. The van der Waals surface area contributed by atoms with Gasteiger partial charge in [-0.15, -0.1) is 0 Å². The number of carbonyl (C=O) groups is 1. The third kappa shape index (κ3) is 3.22. The fraction of sp³-hybridized carbons (Fsp3) is 0.278. The van der Waals surface area contributed by atoms with E-state index in [1.807, 2.05) is 27.8 Å². The van der Waals surface area contributed by atoms with E-state index < -0.39 is 0 Å². The Hall–Kier alpha value is -2.31. The molecule has 0 spiro atoms. The highest BCUT2D eigenvalue weighted by Crippen LogP contribution is 2.33. The van der Waals surface area contributed by atoms with Gasteiger partial charge in [-0.3, -0.25) is 9.78 Å². The monoisotopic (exact) mass is 389 g/mol. The fourth-order valence-electron chi connectivity index (χ4n) is 3.22. The average Bonchev–Trinajstić information content (AvgIpc) is 3.29. The number of hydrogen-bond donors (Lipinski definition) is 1. The van der Waals surface area contributed by atoms with Gasteiger partial charge in [0.2, 0.25) is 5.91 Å². The summed E-state index contributed by atoms with van der Waals surface area (Å²) in [6.45, 7) is 2.03. The molecule has 0 saturated carbocycles. The van der Waals surface area contributed by atoms with E-state index in [9.17, 15) is 4.79 Å². The zero-order chi connectivity index (χ0) is 18.1. The van der Waals surface area contributed by atoms with E-state index in [4.69, 9.17) is 23.2 Å². The van der Waals surface area contributed by atoms with Crippen molar-refractivity contribution in [2.24, 2.45) is 0 Å². The summed E-state index contributed by atoms with van der Waals surface area (Å²) < 4.78 is 1.94. The minimum atomic E-state index is 0.145. The minimum Gasteiger partial charge on any atom is -0.341 e. The van der Waals surface area contributed by atoms with Gasteiger partial charge in [0.25, 0.3) is 0 Å². The first-order valence-electron chi connectivity index (χ1n) is 8.41. The van der Waals surface area contributed by atoms with Gasteiger partial charge in [0, 0.05) is 43.3 Å². The molecule has 4 rings (SSSR count). The maximum absolute atomic E-state index is 12.5. The summed E-state index contributed by atoms with van der Waals surface area (Å²) in [7, 11) is 0. The molecule has 3 aromatic rings. The van der Waals surface area contributed by atoms with Crippen molar-refractivity contribution >= 4 is 51.5 Å². The summed E-state index contributed by atoms with van der Waals surface area (Å²) in [5, 5.41) is 4.91. The van der Waals surface area contributed by atoms with E-state index in [1.165, 1.54) is 12.4 Å². The van der Waals surface area contributed by atoms with Crippen molar-refractivity contribution < 1.29 is 4.79 Å². The highest BCUT2D eigenvalue weighted by atomic mass is 35.5. The van der Waals surface area contributed by atoms with E-state index in [1.54, 1.807) is 6.20 Å². The molecule has 4 heterocycles. The molecule has 0 aromatic carbocycles. The number of amides is 1. The molecule has 0 aliphatic carbocycles. The number of likely N-dealkylation sites (tertiary alicyclic amines) is 1. The van der Waals surface area contributed by atoms with Crippen LogP contribution in [0.3, 0.4) is 0 Å². The molecule has 3 aromatic heterocycles. The number of rotatable bonds is 4. The predicted octanol–water partition coefficient (Wildman–Crippen LogP) is 4.10. The first-order chi connectivity index (χ1) is 12.6. The number of fused-ring (bicyclic) bond motifs is 1. The Morgan fingerprint density at radius 1 is 1.15 bits per heavy atom. The first-order valence-corrected chi connectivity index (χ1v) is 9.17. The fourth-order valence-corrected chi connectivity index (χ4v) is 3.68. The molecule has 1 aliphatic rings. The molecular weight excluding hydrogens is 373 g/mol. The maximum atomic E-state index is 12.5. The number of carbonyl (C=O) groups excluding carboxylic acids is 1. The van der Waals surface area contributed by atoms with Crippen LogP contribution >= 0.6 is 23.2 Å². The van der Waals surface area contributed by atoms with Crippen LogP contribution in [0.2, 0.25) is 10.0 Å². The number of nitrogens with one attached hydrogen (secondary N) is 1. The zero-order valence-corrected chi connectivity index (χ0v) is 15.5. The Morgan fingerprint density at radius 3 is 2.62 bits per heavy atom. The molecule has 1 amide bonds. The van der Waals surface area contributed by atoms with E-state index in [-0.39, 0.29) is 5.91 Å². The van der Waals surface area contributed by atoms with Crippen LogP contribution in [0, 0.1) is 0 Å². The van der Waals surface area contributed by atoms with Crippen molar-refractivity contribution in [2.75, 3.05) is 18.4 Å². The maximum Gasteiger partial charge on any atom is 0.242 e. The first kappa shape index (κ1) is 17.1. The SMILES string of the molecule is O=C(Cn1ccc2c(Nc3c(Cl)cncc3Cl)nccc21)N1CCCC1. The van der Waals surface area contributed by atoms with Crippen molar-refractivity contribution in [3.05, 3.63) is 47.0 Å². The number of pyridine rings is 2. The van der Waals surface area contributed by atoms with E-state index in [2.05, 4.69) is 15.3 Å². The Labute approximate surface area is 160 Å². The molecule has 1 saturated heterocycles. The van der Waals surface area contributed by atoms with Crippen LogP contribution in [0.15, 0.2) is 36.9 Å². The molecule has 26 heavy (non-hydrogen) atoms. The molecular formula is C18H17Cl2N5O. The Balaban J connectivity index is 1.64. The lowest BCUT2D eigenvalue weighted by Gasteiger charge is -2.16. The molecule has 0 unspecified atom stereocenters. The summed E-state index contributed by atoms with van der Waals surface area (Å²) in [6, 6.07) is 3.83. The topological polar surface area (TPSA) is 63.1 Å². The number of hydrogen-bond acceptors (Lipinski definition) is 4. The quantitative estimate of drug-likeness (QED) is 0.729. The lowest BCUT2D eigenvalue weighted by Crippen LogP contribution is -2.30. The average molecular weight is 390 g/mol. The molecule has 8 heteroatoms. The molecule has 1 aliphatic heterocycles. The second-order valence-electron chi connectivity index (χ2n) is 6.23. The minimum absolute atomic E-state index is 0.145. The van der Waals surface area contributed by atoms with E-state index in [0.717, 1.165) is 36.8 Å². The van der Waals surface area contributed by atoms with Crippen LogP contribution in [0.5, 0.6) is 0 Å². The summed E-state index contributed by atoms with van der Waals surface area (Å²) >= 11 is 12.4. The van der Waals surface area contributed by atoms with E-state index in [0.29, 0.717) is 28.1 Å². The highest BCUT2D eigenvalue weighted by molar-refractivity contribution is 6.39. The van der Waals surface area contributed by atoms with Crippen LogP contribution in [0.4, 0.5) is 11.5 Å². The van der Waals surface area contributed by atoms with Crippen LogP contribution in [-0.2, 0) is 11.3 Å². The number of aromatic nitrogens is 3. The number of halogens is 2. The van der Waals surface area contributed by atoms with Gasteiger partial charge in [-0.05, 0) is 25.0 Å². The number of anilines is 2. The molecule has 0 atom stereocenters.